The summed E-state index contributed by atoms with van der Waals surface area (Å²) >= 11 is 3.10. The maximum absolute atomic E-state index is 11.1. The number of fused-ring (bicyclic) bond motifs is 1. The first-order chi connectivity index (χ1) is 9.24. The summed E-state index contributed by atoms with van der Waals surface area (Å²) in [5.41, 5.74) is 2.77. The van der Waals surface area contributed by atoms with Gasteiger partial charge in [0.05, 0.1) is 28.0 Å². The molecule has 0 aliphatic carbocycles. The Bertz CT molecular complexity index is 685. The van der Waals surface area contributed by atoms with Gasteiger partial charge in [0.25, 0.3) is 0 Å². The number of aromatic nitrogens is 2. The fraction of sp³-hybridized carbons (Fsp3) is 0.154. The molecule has 19 heavy (non-hydrogen) atoms. The van der Waals surface area contributed by atoms with Crippen molar-refractivity contribution in [2.24, 2.45) is 0 Å². The van der Waals surface area contributed by atoms with Crippen LogP contribution in [0.3, 0.4) is 0 Å². The minimum atomic E-state index is 0.0569. The van der Waals surface area contributed by atoms with Crippen LogP contribution >= 0.6 is 23.5 Å². The Balaban J connectivity index is 1.96. The molecule has 0 radical (unpaired) electrons. The van der Waals surface area contributed by atoms with Gasteiger partial charge in [0.15, 0.2) is 0 Å². The van der Waals surface area contributed by atoms with E-state index in [0.29, 0.717) is 5.75 Å². The highest BCUT2D eigenvalue weighted by Gasteiger charge is 2.14. The Labute approximate surface area is 119 Å². The second-order valence-corrected chi connectivity index (χ2v) is 5.85. The molecular weight excluding hydrogens is 278 g/mol. The first-order valence-corrected chi connectivity index (χ1v) is 7.91. The predicted octanol–water partition coefficient (Wildman–Crippen LogP) is 2.51. The van der Waals surface area contributed by atoms with E-state index in [0.717, 1.165) is 26.7 Å². The van der Waals surface area contributed by atoms with Gasteiger partial charge in [-0.15, -0.1) is 11.8 Å². The Morgan fingerprint density at radius 1 is 1.42 bits per heavy atom. The van der Waals surface area contributed by atoms with Gasteiger partial charge >= 0.3 is 0 Å². The summed E-state index contributed by atoms with van der Waals surface area (Å²) in [7, 11) is 0. The molecule has 1 saturated heterocycles. The average molecular weight is 289 g/mol. The van der Waals surface area contributed by atoms with Crippen molar-refractivity contribution in [1.29, 1.82) is 0 Å². The van der Waals surface area contributed by atoms with E-state index in [4.69, 9.17) is 0 Å². The topological polar surface area (TPSA) is 54.9 Å². The summed E-state index contributed by atoms with van der Waals surface area (Å²) in [6.07, 6.45) is 5.71. The van der Waals surface area contributed by atoms with Crippen LogP contribution in [-0.4, -0.2) is 27.9 Å². The van der Waals surface area contributed by atoms with Gasteiger partial charge in [0, 0.05) is 0 Å². The molecule has 96 valence electrons. The summed E-state index contributed by atoms with van der Waals surface area (Å²) < 4.78 is 0. The van der Waals surface area contributed by atoms with Crippen molar-refractivity contribution in [1.82, 2.24) is 15.3 Å². The summed E-state index contributed by atoms with van der Waals surface area (Å²) in [4.78, 5) is 20.0. The van der Waals surface area contributed by atoms with Gasteiger partial charge in [-0.25, -0.2) is 4.98 Å². The summed E-state index contributed by atoms with van der Waals surface area (Å²) in [5, 5.41) is 4.62. The smallest absolute Gasteiger partial charge is 0.235 e. The number of rotatable bonds is 2. The molecule has 0 atom stereocenters. The first kappa shape index (κ1) is 12.5. The van der Waals surface area contributed by atoms with Gasteiger partial charge in [-0.05, 0) is 30.0 Å². The molecule has 0 unspecified atom stereocenters. The van der Waals surface area contributed by atoms with Crippen molar-refractivity contribution in [3.8, 4) is 0 Å². The Morgan fingerprint density at radius 3 is 3.05 bits per heavy atom. The van der Waals surface area contributed by atoms with E-state index in [1.807, 2.05) is 30.5 Å². The molecule has 0 bridgehead atoms. The average Bonchev–Trinajstić information content (AvgIpc) is 2.83. The van der Waals surface area contributed by atoms with Crippen LogP contribution < -0.4 is 5.32 Å². The normalized spacial score (nSPS) is 17.1. The molecular formula is C13H11N3OS2. The lowest BCUT2D eigenvalue weighted by atomic mass is 10.2. The van der Waals surface area contributed by atoms with E-state index < -0.39 is 0 Å². The lowest BCUT2D eigenvalue weighted by molar-refractivity contribution is -0.117. The van der Waals surface area contributed by atoms with Crippen LogP contribution in [0.1, 0.15) is 5.56 Å². The lowest BCUT2D eigenvalue weighted by Gasteiger charge is -2.02. The van der Waals surface area contributed by atoms with Crippen molar-refractivity contribution in [3.05, 3.63) is 35.0 Å². The number of nitrogens with zero attached hydrogens (tertiary/aromatic N) is 2. The third-order valence-electron chi connectivity index (χ3n) is 2.67. The molecule has 1 aliphatic rings. The minimum absolute atomic E-state index is 0.0569. The van der Waals surface area contributed by atoms with Crippen molar-refractivity contribution in [2.75, 3.05) is 12.0 Å². The minimum Gasteiger partial charge on any atom is -0.320 e. The Hall–Kier alpha value is -1.53. The van der Waals surface area contributed by atoms with Crippen LogP contribution in [0.4, 0.5) is 0 Å². The van der Waals surface area contributed by atoms with Crippen LogP contribution in [0.25, 0.3) is 17.1 Å². The van der Waals surface area contributed by atoms with Gasteiger partial charge < -0.3 is 5.32 Å². The van der Waals surface area contributed by atoms with Crippen LogP contribution in [0, 0.1) is 0 Å². The lowest BCUT2D eigenvalue weighted by Crippen LogP contribution is -2.13. The molecule has 1 N–H and O–H groups in total. The van der Waals surface area contributed by atoms with Gasteiger partial charge in [-0.2, -0.15) is 0 Å². The van der Waals surface area contributed by atoms with E-state index in [2.05, 4.69) is 15.3 Å². The highest BCUT2D eigenvalue weighted by atomic mass is 32.2. The maximum atomic E-state index is 11.1. The molecule has 2 aromatic rings. The molecule has 1 amide bonds. The highest BCUT2D eigenvalue weighted by molar-refractivity contribution is 8.04. The van der Waals surface area contributed by atoms with Crippen LogP contribution in [-0.2, 0) is 4.79 Å². The van der Waals surface area contributed by atoms with Gasteiger partial charge in [0.2, 0.25) is 5.91 Å². The zero-order valence-electron chi connectivity index (χ0n) is 10.2. The Morgan fingerprint density at radius 2 is 2.32 bits per heavy atom. The van der Waals surface area contributed by atoms with Gasteiger partial charge in [0.1, 0.15) is 5.03 Å². The number of carbonyl (C=O) groups is 1. The molecule has 1 aliphatic heterocycles. The summed E-state index contributed by atoms with van der Waals surface area (Å²) in [5.74, 6) is 0.553. The van der Waals surface area contributed by atoms with E-state index in [9.17, 15) is 4.79 Å². The van der Waals surface area contributed by atoms with Crippen LogP contribution in [0.5, 0.6) is 0 Å². The maximum Gasteiger partial charge on any atom is 0.235 e. The third kappa shape index (κ3) is 2.74. The summed E-state index contributed by atoms with van der Waals surface area (Å²) in [6, 6.07) is 5.92. The Kier molecular flexibility index (Phi) is 3.44. The standard InChI is InChI=1S/C13H11N3OS2/c1-18-13-6-14-10-4-8(2-3-9(10)15-13)5-12-16-11(17)7-19-12/h2-6H,7H2,1H3,(H,16,17). The molecule has 0 saturated carbocycles. The number of hydrogen-bond donors (Lipinski definition) is 1. The monoisotopic (exact) mass is 289 g/mol. The molecule has 3 rings (SSSR count). The summed E-state index contributed by atoms with van der Waals surface area (Å²) in [6.45, 7) is 0. The van der Waals surface area contributed by atoms with Crippen LogP contribution in [0.2, 0.25) is 0 Å². The van der Waals surface area contributed by atoms with E-state index in [1.54, 1.807) is 18.0 Å². The second-order valence-electron chi connectivity index (χ2n) is 4.01. The third-order valence-corrected chi connectivity index (χ3v) is 4.22. The SMILES string of the molecule is CSc1cnc2cc(C=C3NC(=O)CS3)ccc2n1. The fourth-order valence-corrected chi connectivity index (χ4v) is 2.89. The van der Waals surface area contributed by atoms with Crippen molar-refractivity contribution >= 4 is 46.5 Å². The van der Waals surface area contributed by atoms with E-state index in [1.165, 1.54) is 11.8 Å². The number of benzene rings is 1. The quantitative estimate of drug-likeness (QED) is 0.861. The predicted molar refractivity (Wildman–Crippen MR) is 79.9 cm³/mol. The molecule has 1 fully saturated rings. The molecule has 4 nitrogen and oxygen atoms in total. The van der Waals surface area contributed by atoms with Gasteiger partial charge in [-0.1, -0.05) is 17.8 Å². The first-order valence-electron chi connectivity index (χ1n) is 5.70. The van der Waals surface area contributed by atoms with Crippen molar-refractivity contribution in [2.45, 2.75) is 5.03 Å². The van der Waals surface area contributed by atoms with Crippen molar-refractivity contribution in [3.63, 3.8) is 0 Å². The number of hydrogen-bond acceptors (Lipinski definition) is 5. The largest absolute Gasteiger partial charge is 0.320 e. The zero-order chi connectivity index (χ0) is 13.2. The van der Waals surface area contributed by atoms with Gasteiger partial charge in [-0.3, -0.25) is 9.78 Å². The fourth-order valence-electron chi connectivity index (χ4n) is 1.78. The number of carbonyl (C=O) groups excluding carboxylic acids is 1. The number of amides is 1. The van der Waals surface area contributed by atoms with E-state index >= 15 is 0 Å². The zero-order valence-corrected chi connectivity index (χ0v) is 11.8. The van der Waals surface area contributed by atoms with Crippen molar-refractivity contribution < 1.29 is 4.79 Å². The molecule has 2 heterocycles. The second kappa shape index (κ2) is 5.22. The molecule has 0 spiro atoms. The van der Waals surface area contributed by atoms with E-state index in [-0.39, 0.29) is 5.91 Å². The number of thioether (sulfide) groups is 2. The molecule has 1 aromatic heterocycles. The highest BCUT2D eigenvalue weighted by Crippen LogP contribution is 2.23. The number of nitrogens with one attached hydrogen (secondary N) is 1. The molecule has 1 aromatic carbocycles. The van der Waals surface area contributed by atoms with Crippen LogP contribution in [0.15, 0.2) is 34.5 Å². The molecule has 6 heteroatoms.